The van der Waals surface area contributed by atoms with E-state index in [0.717, 1.165) is 5.69 Å². The van der Waals surface area contributed by atoms with Gasteiger partial charge >= 0.3 is 0 Å². The summed E-state index contributed by atoms with van der Waals surface area (Å²) in [6, 6.07) is 0.106. The Bertz CT molecular complexity index is 324. The first-order valence-electron chi connectivity index (χ1n) is 4.56. The lowest BCUT2D eigenvalue weighted by atomic mass is 10.0. The topological polar surface area (TPSA) is 37.8 Å². The molecular formula is C11H15N3. The van der Waals surface area contributed by atoms with Gasteiger partial charge in [-0.2, -0.15) is 0 Å². The predicted molar refractivity (Wildman–Crippen MR) is 56.5 cm³/mol. The van der Waals surface area contributed by atoms with Gasteiger partial charge in [-0.25, -0.2) is 0 Å². The minimum absolute atomic E-state index is 0.106. The van der Waals surface area contributed by atoms with Crippen LogP contribution in [-0.2, 0) is 0 Å². The lowest BCUT2D eigenvalue weighted by Gasteiger charge is -2.24. The van der Waals surface area contributed by atoms with Gasteiger partial charge in [-0.3, -0.25) is 15.3 Å². The second kappa shape index (κ2) is 4.21. The molecule has 74 valence electrons. The number of nitrogens with one attached hydrogen (secondary N) is 1. The van der Waals surface area contributed by atoms with Gasteiger partial charge in [-0.15, -0.1) is 6.42 Å². The van der Waals surface area contributed by atoms with Crippen molar-refractivity contribution in [1.82, 2.24) is 15.3 Å². The molecule has 14 heavy (non-hydrogen) atoms. The van der Waals surface area contributed by atoms with Crippen LogP contribution in [0.2, 0.25) is 0 Å². The van der Waals surface area contributed by atoms with Crippen LogP contribution >= 0.6 is 0 Å². The summed E-state index contributed by atoms with van der Waals surface area (Å²) in [6.45, 7) is 5.93. The van der Waals surface area contributed by atoms with E-state index in [1.807, 2.05) is 20.8 Å². The van der Waals surface area contributed by atoms with Gasteiger partial charge in [0.15, 0.2) is 0 Å². The Labute approximate surface area is 85.0 Å². The maximum atomic E-state index is 5.38. The molecule has 0 saturated heterocycles. The molecule has 0 aliphatic carbocycles. The molecule has 0 aliphatic rings. The van der Waals surface area contributed by atoms with Gasteiger partial charge in [-0.1, -0.05) is 5.92 Å². The maximum Gasteiger partial charge on any atom is 0.0753 e. The van der Waals surface area contributed by atoms with Crippen molar-refractivity contribution in [3.05, 3.63) is 24.3 Å². The number of nitrogens with zero attached hydrogens (tertiary/aromatic N) is 2. The summed E-state index contributed by atoms with van der Waals surface area (Å²) in [5.41, 5.74) is 0.576. The number of aromatic nitrogens is 2. The van der Waals surface area contributed by atoms with E-state index in [0.29, 0.717) is 0 Å². The van der Waals surface area contributed by atoms with Crippen molar-refractivity contribution in [2.75, 3.05) is 0 Å². The molecule has 0 spiro atoms. The molecule has 1 rings (SSSR count). The third-order valence-corrected chi connectivity index (χ3v) is 1.96. The Balaban J connectivity index is 2.70. The molecule has 0 saturated carbocycles. The largest absolute Gasteiger partial charge is 0.293 e. The van der Waals surface area contributed by atoms with E-state index in [2.05, 4.69) is 21.2 Å². The van der Waals surface area contributed by atoms with E-state index in [4.69, 9.17) is 6.42 Å². The molecular weight excluding hydrogens is 174 g/mol. The first-order chi connectivity index (χ1) is 6.55. The van der Waals surface area contributed by atoms with Gasteiger partial charge in [0, 0.05) is 24.6 Å². The van der Waals surface area contributed by atoms with Crippen LogP contribution in [0.4, 0.5) is 0 Å². The molecule has 1 aromatic heterocycles. The molecule has 0 bridgehead atoms. The summed E-state index contributed by atoms with van der Waals surface area (Å²) < 4.78 is 0. The van der Waals surface area contributed by atoms with E-state index in [-0.39, 0.29) is 11.6 Å². The molecule has 1 heterocycles. The van der Waals surface area contributed by atoms with Gasteiger partial charge in [0.1, 0.15) is 0 Å². The lowest BCUT2D eigenvalue weighted by Crippen LogP contribution is -2.39. The number of rotatable bonds is 3. The summed E-state index contributed by atoms with van der Waals surface area (Å²) in [5.74, 6) is 2.68. The zero-order valence-corrected chi connectivity index (χ0v) is 8.78. The zero-order chi connectivity index (χ0) is 10.6. The molecule has 0 aliphatic heterocycles. The first-order valence-corrected chi connectivity index (χ1v) is 4.56. The van der Waals surface area contributed by atoms with Crippen molar-refractivity contribution in [2.24, 2.45) is 0 Å². The van der Waals surface area contributed by atoms with Crippen LogP contribution in [0.1, 0.15) is 32.5 Å². The third kappa shape index (κ3) is 2.82. The van der Waals surface area contributed by atoms with Gasteiger partial charge in [0.05, 0.1) is 11.2 Å². The molecule has 0 radical (unpaired) electrons. The van der Waals surface area contributed by atoms with Crippen molar-refractivity contribution < 1.29 is 0 Å². The number of hydrogen-bond donors (Lipinski definition) is 1. The number of hydrogen-bond acceptors (Lipinski definition) is 3. The van der Waals surface area contributed by atoms with Crippen molar-refractivity contribution in [1.29, 1.82) is 0 Å². The molecule has 0 fully saturated rings. The normalized spacial score (nSPS) is 13.3. The van der Waals surface area contributed by atoms with Crippen LogP contribution in [0, 0.1) is 12.3 Å². The van der Waals surface area contributed by atoms with Gasteiger partial charge < -0.3 is 0 Å². The molecule has 0 aromatic carbocycles. The fourth-order valence-electron chi connectivity index (χ4n) is 1.19. The van der Waals surface area contributed by atoms with Crippen molar-refractivity contribution in [3.8, 4) is 12.3 Å². The average molecular weight is 189 g/mol. The van der Waals surface area contributed by atoms with Gasteiger partial charge in [0.2, 0.25) is 0 Å². The van der Waals surface area contributed by atoms with Gasteiger partial charge in [0.25, 0.3) is 0 Å². The smallest absolute Gasteiger partial charge is 0.0753 e. The monoisotopic (exact) mass is 189 g/mol. The second-order valence-electron chi connectivity index (χ2n) is 3.77. The highest BCUT2D eigenvalue weighted by Crippen LogP contribution is 2.12. The average Bonchev–Trinajstić information content (AvgIpc) is 2.19. The summed E-state index contributed by atoms with van der Waals surface area (Å²) in [7, 11) is 0. The summed E-state index contributed by atoms with van der Waals surface area (Å²) in [4.78, 5) is 8.21. The standard InChI is InChI=1S/C11H15N3/c1-5-11(3,4)14-9(2)10-8-12-6-7-13-10/h1,6-9,14H,2-4H3. The van der Waals surface area contributed by atoms with E-state index in [1.54, 1.807) is 18.6 Å². The molecule has 1 aromatic rings. The van der Waals surface area contributed by atoms with Crippen molar-refractivity contribution >= 4 is 0 Å². The van der Waals surface area contributed by atoms with Gasteiger partial charge in [-0.05, 0) is 20.8 Å². The van der Waals surface area contributed by atoms with Crippen LogP contribution in [0.5, 0.6) is 0 Å². The van der Waals surface area contributed by atoms with E-state index < -0.39 is 0 Å². The summed E-state index contributed by atoms with van der Waals surface area (Å²) >= 11 is 0. The SMILES string of the molecule is C#CC(C)(C)NC(C)c1cnccn1. The third-order valence-electron chi connectivity index (χ3n) is 1.96. The molecule has 3 nitrogen and oxygen atoms in total. The van der Waals surface area contributed by atoms with Crippen LogP contribution in [0.15, 0.2) is 18.6 Å². The maximum absolute atomic E-state index is 5.38. The molecule has 1 N–H and O–H groups in total. The zero-order valence-electron chi connectivity index (χ0n) is 8.78. The Morgan fingerprint density at radius 2 is 2.21 bits per heavy atom. The fourth-order valence-corrected chi connectivity index (χ4v) is 1.19. The summed E-state index contributed by atoms with van der Waals surface area (Å²) in [5, 5.41) is 3.28. The Morgan fingerprint density at radius 1 is 1.50 bits per heavy atom. The lowest BCUT2D eigenvalue weighted by molar-refractivity contribution is 0.425. The van der Waals surface area contributed by atoms with E-state index in [9.17, 15) is 0 Å². The van der Waals surface area contributed by atoms with E-state index >= 15 is 0 Å². The highest BCUT2D eigenvalue weighted by molar-refractivity contribution is 5.11. The Morgan fingerprint density at radius 3 is 2.71 bits per heavy atom. The minimum Gasteiger partial charge on any atom is -0.293 e. The summed E-state index contributed by atoms with van der Waals surface area (Å²) in [6.07, 6.45) is 10.5. The molecule has 0 amide bonds. The second-order valence-corrected chi connectivity index (χ2v) is 3.77. The molecule has 1 unspecified atom stereocenters. The highest BCUT2D eigenvalue weighted by atomic mass is 15.0. The first kappa shape index (κ1) is 10.7. The van der Waals surface area contributed by atoms with Crippen molar-refractivity contribution in [3.63, 3.8) is 0 Å². The Hall–Kier alpha value is -1.40. The number of terminal acetylenes is 1. The van der Waals surface area contributed by atoms with E-state index in [1.165, 1.54) is 0 Å². The van der Waals surface area contributed by atoms with Crippen LogP contribution in [-0.4, -0.2) is 15.5 Å². The highest BCUT2D eigenvalue weighted by Gasteiger charge is 2.18. The van der Waals surface area contributed by atoms with Crippen LogP contribution in [0.3, 0.4) is 0 Å². The van der Waals surface area contributed by atoms with Crippen molar-refractivity contribution in [2.45, 2.75) is 32.4 Å². The fraction of sp³-hybridized carbons (Fsp3) is 0.455. The quantitative estimate of drug-likeness (QED) is 0.733. The molecule has 1 atom stereocenters. The minimum atomic E-state index is -0.322. The van der Waals surface area contributed by atoms with Crippen LogP contribution in [0.25, 0.3) is 0 Å². The van der Waals surface area contributed by atoms with Crippen LogP contribution < -0.4 is 5.32 Å². The Kier molecular flexibility index (Phi) is 3.21. The predicted octanol–water partition coefficient (Wildman–Crippen LogP) is 1.54. The molecule has 3 heteroatoms.